The first kappa shape index (κ1) is 24.2. The summed E-state index contributed by atoms with van der Waals surface area (Å²) < 4.78 is 10.6. The standard InChI is InChI=1S/C23H34O7/c1-21(2,3)14-10-13(11-15(16(14)24)22(4,5)6)12-27-19(25)17-18(30-29-17)20(26)28-23(7,8)9/h10-11,17-18,24H,12H2,1-9H3. The topological polar surface area (TPSA) is 91.3 Å². The molecule has 1 aliphatic rings. The van der Waals surface area contributed by atoms with E-state index in [2.05, 4.69) is 0 Å². The summed E-state index contributed by atoms with van der Waals surface area (Å²) in [7, 11) is 0. The van der Waals surface area contributed by atoms with Gasteiger partial charge in [0.05, 0.1) is 0 Å². The fourth-order valence-electron chi connectivity index (χ4n) is 3.01. The van der Waals surface area contributed by atoms with Gasteiger partial charge in [-0.3, -0.25) is 0 Å². The van der Waals surface area contributed by atoms with Crippen LogP contribution in [-0.4, -0.2) is 34.9 Å². The second kappa shape index (κ2) is 8.19. The van der Waals surface area contributed by atoms with Gasteiger partial charge in [0, 0.05) is 0 Å². The molecule has 1 N–H and O–H groups in total. The third-order valence-corrected chi connectivity index (χ3v) is 4.58. The normalized spacial score (nSPS) is 19.8. The highest BCUT2D eigenvalue weighted by Gasteiger charge is 2.49. The number of carbonyl (C=O) groups excluding carboxylic acids is 2. The number of phenols is 1. The van der Waals surface area contributed by atoms with Crippen molar-refractivity contribution in [2.75, 3.05) is 0 Å². The summed E-state index contributed by atoms with van der Waals surface area (Å²) in [4.78, 5) is 34.1. The van der Waals surface area contributed by atoms with E-state index in [1.165, 1.54) is 0 Å². The molecule has 0 spiro atoms. The van der Waals surface area contributed by atoms with E-state index >= 15 is 0 Å². The van der Waals surface area contributed by atoms with E-state index in [-0.39, 0.29) is 23.2 Å². The molecule has 7 heteroatoms. The van der Waals surface area contributed by atoms with E-state index in [1.807, 2.05) is 53.7 Å². The van der Waals surface area contributed by atoms with Crippen molar-refractivity contribution in [3.05, 3.63) is 28.8 Å². The molecule has 1 aliphatic heterocycles. The zero-order valence-electron chi connectivity index (χ0n) is 19.4. The largest absolute Gasteiger partial charge is 0.507 e. The highest BCUT2D eigenvalue weighted by molar-refractivity contribution is 5.86. The van der Waals surface area contributed by atoms with Crippen molar-refractivity contribution in [3.8, 4) is 5.75 Å². The molecule has 0 radical (unpaired) electrons. The molecule has 1 heterocycles. The van der Waals surface area contributed by atoms with Crippen LogP contribution in [0, 0.1) is 0 Å². The quantitative estimate of drug-likeness (QED) is 0.578. The Hall–Kier alpha value is -2.12. The summed E-state index contributed by atoms with van der Waals surface area (Å²) >= 11 is 0. The van der Waals surface area contributed by atoms with E-state index in [0.29, 0.717) is 0 Å². The SMILES string of the molecule is CC(C)(C)OC(=O)C1OOC1C(=O)OCc1cc(C(C)(C)C)c(O)c(C(C)(C)C)c1. The van der Waals surface area contributed by atoms with Crippen LogP contribution in [0.4, 0.5) is 0 Å². The van der Waals surface area contributed by atoms with Crippen molar-refractivity contribution < 1.29 is 33.9 Å². The minimum Gasteiger partial charge on any atom is -0.507 e. The summed E-state index contributed by atoms with van der Waals surface area (Å²) in [5, 5.41) is 10.8. The van der Waals surface area contributed by atoms with E-state index in [4.69, 9.17) is 19.2 Å². The maximum atomic E-state index is 12.4. The third-order valence-electron chi connectivity index (χ3n) is 4.58. The van der Waals surface area contributed by atoms with Gasteiger partial charge < -0.3 is 14.6 Å². The van der Waals surface area contributed by atoms with Crippen LogP contribution >= 0.6 is 0 Å². The lowest BCUT2D eigenvalue weighted by Gasteiger charge is -2.33. The van der Waals surface area contributed by atoms with Gasteiger partial charge >= 0.3 is 11.9 Å². The van der Waals surface area contributed by atoms with Gasteiger partial charge in [-0.05, 0) is 60.4 Å². The van der Waals surface area contributed by atoms with Crippen molar-refractivity contribution >= 4 is 11.9 Å². The number of ether oxygens (including phenoxy) is 2. The maximum Gasteiger partial charge on any atom is 0.342 e. The van der Waals surface area contributed by atoms with Crippen LogP contribution < -0.4 is 0 Å². The smallest absolute Gasteiger partial charge is 0.342 e. The minimum atomic E-state index is -1.17. The molecule has 1 saturated heterocycles. The van der Waals surface area contributed by atoms with Gasteiger partial charge in [0.1, 0.15) is 18.0 Å². The predicted octanol–water partition coefficient (Wildman–Crippen LogP) is 4.07. The highest BCUT2D eigenvalue weighted by Crippen LogP contribution is 2.40. The number of esters is 2. The number of phenolic OH excluding ortho intramolecular Hbond substituents is 1. The molecule has 2 unspecified atom stereocenters. The highest BCUT2D eigenvalue weighted by atomic mass is 17.3. The Morgan fingerprint density at radius 2 is 1.30 bits per heavy atom. The van der Waals surface area contributed by atoms with E-state index in [1.54, 1.807) is 20.8 Å². The van der Waals surface area contributed by atoms with Crippen LogP contribution in [0.25, 0.3) is 0 Å². The van der Waals surface area contributed by atoms with Gasteiger partial charge in [0.25, 0.3) is 0 Å². The first-order valence-corrected chi connectivity index (χ1v) is 10.1. The van der Waals surface area contributed by atoms with E-state index < -0.39 is 29.7 Å². The van der Waals surface area contributed by atoms with Crippen molar-refractivity contribution in [3.63, 3.8) is 0 Å². The average Bonchev–Trinajstić information content (AvgIpc) is 2.48. The van der Waals surface area contributed by atoms with Crippen molar-refractivity contribution in [2.45, 2.75) is 97.6 Å². The first-order valence-electron chi connectivity index (χ1n) is 10.1. The minimum absolute atomic E-state index is 0.0217. The summed E-state index contributed by atoms with van der Waals surface area (Å²) in [5.74, 6) is -1.13. The number of benzene rings is 1. The van der Waals surface area contributed by atoms with Gasteiger partial charge in [-0.2, -0.15) is 0 Å². The number of aromatic hydroxyl groups is 1. The molecule has 7 nitrogen and oxygen atoms in total. The number of carbonyl (C=O) groups is 2. The maximum absolute atomic E-state index is 12.4. The fraction of sp³-hybridized carbons (Fsp3) is 0.652. The Bertz CT molecular complexity index is 771. The van der Waals surface area contributed by atoms with Crippen LogP contribution in [-0.2, 0) is 46.3 Å². The molecule has 0 amide bonds. The summed E-state index contributed by atoms with van der Waals surface area (Å²) in [6, 6.07) is 3.67. The molecule has 0 aromatic heterocycles. The zero-order chi connectivity index (χ0) is 23.1. The monoisotopic (exact) mass is 422 g/mol. The fourth-order valence-corrected chi connectivity index (χ4v) is 3.01. The summed E-state index contributed by atoms with van der Waals surface area (Å²) in [6.07, 6.45) is -2.31. The lowest BCUT2D eigenvalue weighted by atomic mass is 9.78. The Morgan fingerprint density at radius 3 is 1.67 bits per heavy atom. The first-order chi connectivity index (χ1) is 13.5. The molecule has 0 saturated carbocycles. The third kappa shape index (κ3) is 5.73. The van der Waals surface area contributed by atoms with Gasteiger partial charge in [0.15, 0.2) is 0 Å². The molecule has 2 atom stereocenters. The second-order valence-electron chi connectivity index (χ2n) is 10.7. The molecular formula is C23H34O7. The summed E-state index contributed by atoms with van der Waals surface area (Å²) in [6.45, 7) is 17.2. The molecule has 1 fully saturated rings. The van der Waals surface area contributed by atoms with Gasteiger partial charge in [-0.1, -0.05) is 41.5 Å². The molecule has 1 aromatic carbocycles. The van der Waals surface area contributed by atoms with Crippen LogP contribution in [0.15, 0.2) is 12.1 Å². The van der Waals surface area contributed by atoms with Crippen molar-refractivity contribution in [2.24, 2.45) is 0 Å². The summed E-state index contributed by atoms with van der Waals surface area (Å²) in [5.41, 5.74) is 0.994. The van der Waals surface area contributed by atoms with E-state index in [0.717, 1.165) is 16.7 Å². The number of rotatable bonds is 4. The van der Waals surface area contributed by atoms with Gasteiger partial charge in [-0.25, -0.2) is 19.4 Å². The zero-order valence-corrected chi connectivity index (χ0v) is 19.4. The Labute approximate surface area is 178 Å². The van der Waals surface area contributed by atoms with Crippen LogP contribution in [0.5, 0.6) is 5.75 Å². The molecule has 0 aliphatic carbocycles. The van der Waals surface area contributed by atoms with Crippen LogP contribution in [0.1, 0.15) is 79.0 Å². The van der Waals surface area contributed by atoms with Gasteiger partial charge in [0.2, 0.25) is 12.2 Å². The second-order valence-corrected chi connectivity index (χ2v) is 10.7. The van der Waals surface area contributed by atoms with Gasteiger partial charge in [-0.15, -0.1) is 0 Å². The number of hydrogen-bond acceptors (Lipinski definition) is 7. The lowest BCUT2D eigenvalue weighted by Crippen LogP contribution is -2.55. The van der Waals surface area contributed by atoms with E-state index in [9.17, 15) is 14.7 Å². The van der Waals surface area contributed by atoms with Crippen molar-refractivity contribution in [1.29, 1.82) is 0 Å². The number of hydrogen-bond donors (Lipinski definition) is 1. The predicted molar refractivity (Wildman–Crippen MR) is 111 cm³/mol. The molecule has 0 bridgehead atoms. The lowest BCUT2D eigenvalue weighted by molar-refractivity contribution is -0.445. The molecular weight excluding hydrogens is 388 g/mol. The molecule has 30 heavy (non-hydrogen) atoms. The Morgan fingerprint density at radius 1 is 0.867 bits per heavy atom. The van der Waals surface area contributed by atoms with Crippen LogP contribution in [0.2, 0.25) is 0 Å². The Kier molecular flexibility index (Phi) is 6.60. The van der Waals surface area contributed by atoms with Crippen molar-refractivity contribution in [1.82, 2.24) is 0 Å². The van der Waals surface area contributed by atoms with Crippen LogP contribution in [0.3, 0.4) is 0 Å². The Balaban J connectivity index is 2.15. The molecule has 1 aromatic rings. The average molecular weight is 423 g/mol. The molecule has 168 valence electrons. The molecule has 2 rings (SSSR count).